The number of oxazole rings is 1. The molecule has 2 aromatic rings. The van der Waals surface area contributed by atoms with Gasteiger partial charge in [-0.05, 0) is 18.6 Å². The molecule has 16 heavy (non-hydrogen) atoms. The average Bonchev–Trinajstić information content (AvgIpc) is 2.70. The van der Waals surface area contributed by atoms with Crippen LogP contribution in [0.15, 0.2) is 29.1 Å². The van der Waals surface area contributed by atoms with E-state index < -0.39 is 0 Å². The summed E-state index contributed by atoms with van der Waals surface area (Å²) in [6, 6.07) is 3.44. The molecule has 0 saturated carbocycles. The van der Waals surface area contributed by atoms with E-state index in [1.165, 1.54) is 6.39 Å². The molecule has 0 radical (unpaired) electrons. The molecule has 82 valence electrons. The Kier molecular flexibility index (Phi) is 3.03. The first-order chi connectivity index (χ1) is 7.61. The van der Waals surface area contributed by atoms with Crippen LogP contribution in [0.4, 0.5) is 0 Å². The highest BCUT2D eigenvalue weighted by atomic mass is 35.5. The van der Waals surface area contributed by atoms with Gasteiger partial charge in [-0.25, -0.2) is 4.98 Å². The van der Waals surface area contributed by atoms with Gasteiger partial charge < -0.3 is 4.42 Å². The van der Waals surface area contributed by atoms with Gasteiger partial charge in [-0.3, -0.25) is 4.79 Å². The van der Waals surface area contributed by atoms with Crippen molar-refractivity contribution in [1.29, 1.82) is 0 Å². The fourth-order valence-electron chi connectivity index (χ4n) is 1.48. The van der Waals surface area contributed by atoms with Gasteiger partial charge >= 0.3 is 0 Å². The van der Waals surface area contributed by atoms with Crippen molar-refractivity contribution in [3.63, 3.8) is 0 Å². The minimum atomic E-state index is -0.370. The second kappa shape index (κ2) is 4.31. The molecule has 1 aromatic carbocycles. The Bertz CT molecular complexity index is 537. The van der Waals surface area contributed by atoms with E-state index in [0.29, 0.717) is 21.9 Å². The van der Waals surface area contributed by atoms with Gasteiger partial charge in [0, 0.05) is 11.1 Å². The van der Waals surface area contributed by atoms with Crippen LogP contribution in [0, 0.1) is 6.92 Å². The van der Waals surface area contributed by atoms with E-state index in [2.05, 4.69) is 17.6 Å². The van der Waals surface area contributed by atoms with Crippen LogP contribution in [0.5, 0.6) is 0 Å². The molecular weight excluding hydrogens is 246 g/mol. The summed E-state index contributed by atoms with van der Waals surface area (Å²) in [6.45, 7) is 1.89. The number of benzene rings is 1. The fraction of sp³-hybridized carbons (Fsp3) is 0.0909. The third kappa shape index (κ3) is 1.86. The molecule has 0 bridgehead atoms. The Hall–Kier alpha value is -1.26. The maximum atomic E-state index is 11.2. The zero-order chi connectivity index (χ0) is 11.7. The number of halogens is 1. The second-order valence-corrected chi connectivity index (χ2v) is 4.07. The van der Waals surface area contributed by atoms with Crippen LogP contribution in [0.3, 0.4) is 0 Å². The van der Waals surface area contributed by atoms with Crippen LogP contribution in [0.25, 0.3) is 11.3 Å². The van der Waals surface area contributed by atoms with Gasteiger partial charge in [-0.2, -0.15) is 0 Å². The largest absolute Gasteiger partial charge is 0.443 e. The molecule has 0 atom stereocenters. The van der Waals surface area contributed by atoms with E-state index in [4.69, 9.17) is 16.0 Å². The van der Waals surface area contributed by atoms with Gasteiger partial charge in [0.1, 0.15) is 0 Å². The van der Waals surface area contributed by atoms with E-state index >= 15 is 0 Å². The molecule has 0 aliphatic carbocycles. The summed E-state index contributed by atoms with van der Waals surface area (Å²) in [5, 5.41) is -0.0254. The molecule has 0 saturated heterocycles. The lowest BCUT2D eigenvalue weighted by Gasteiger charge is -2.07. The quantitative estimate of drug-likeness (QED) is 0.835. The highest BCUT2D eigenvalue weighted by molar-refractivity contribution is 7.97. The highest BCUT2D eigenvalue weighted by Gasteiger charge is 2.16. The van der Waals surface area contributed by atoms with E-state index in [9.17, 15) is 4.79 Å². The summed E-state index contributed by atoms with van der Waals surface area (Å²) in [5.74, 6) is 0.541. The number of carbonyl (C=O) groups excluding carboxylic acids is 1. The number of rotatable bonds is 2. The topological polar surface area (TPSA) is 43.1 Å². The van der Waals surface area contributed by atoms with Crippen LogP contribution in [-0.2, 0) is 0 Å². The zero-order valence-electron chi connectivity index (χ0n) is 8.40. The molecular formula is C11H8ClNO2S. The van der Waals surface area contributed by atoms with Crippen molar-refractivity contribution >= 4 is 29.3 Å². The maximum absolute atomic E-state index is 11.2. The van der Waals surface area contributed by atoms with Crippen LogP contribution in [0.1, 0.15) is 15.9 Å². The Labute approximate surface area is 103 Å². The molecule has 5 heteroatoms. The third-order valence-electron chi connectivity index (χ3n) is 2.26. The van der Waals surface area contributed by atoms with E-state index in [0.717, 1.165) is 5.56 Å². The number of aromatic nitrogens is 1. The monoisotopic (exact) mass is 253 g/mol. The maximum Gasteiger partial charge on any atom is 0.217 e. The van der Waals surface area contributed by atoms with Gasteiger partial charge in [-0.15, -0.1) is 12.6 Å². The van der Waals surface area contributed by atoms with Crippen LogP contribution >= 0.6 is 24.2 Å². The van der Waals surface area contributed by atoms with Gasteiger partial charge in [0.05, 0.1) is 11.2 Å². The van der Waals surface area contributed by atoms with Crippen molar-refractivity contribution in [2.45, 2.75) is 6.92 Å². The standard InChI is InChI=1S/C11H8ClNO2S/c1-6-2-3-7(11(14)16)10(12)9(6)8-4-13-5-15-8/h2-5H,1H3,(H,14,16). The molecule has 1 heterocycles. The molecule has 0 spiro atoms. The van der Waals surface area contributed by atoms with E-state index in [-0.39, 0.29) is 5.12 Å². The van der Waals surface area contributed by atoms with Crippen molar-refractivity contribution in [2.24, 2.45) is 0 Å². The summed E-state index contributed by atoms with van der Waals surface area (Å²) in [7, 11) is 0. The van der Waals surface area contributed by atoms with Crippen molar-refractivity contribution in [2.75, 3.05) is 0 Å². The molecule has 1 aromatic heterocycles. The Balaban J connectivity index is 2.69. The van der Waals surface area contributed by atoms with Crippen LogP contribution in [0.2, 0.25) is 5.02 Å². The minimum absolute atomic E-state index is 0.344. The van der Waals surface area contributed by atoms with Crippen molar-refractivity contribution in [3.8, 4) is 11.3 Å². The number of hydrogen-bond acceptors (Lipinski definition) is 3. The van der Waals surface area contributed by atoms with Crippen LogP contribution < -0.4 is 0 Å². The number of nitrogens with zero attached hydrogens (tertiary/aromatic N) is 1. The second-order valence-electron chi connectivity index (χ2n) is 3.29. The lowest BCUT2D eigenvalue weighted by molar-refractivity contribution is 0.109. The molecule has 0 fully saturated rings. The molecule has 0 unspecified atom stereocenters. The molecule has 0 N–H and O–H groups in total. The highest BCUT2D eigenvalue weighted by Crippen LogP contribution is 2.34. The molecule has 0 aliphatic heterocycles. The van der Waals surface area contributed by atoms with Crippen LogP contribution in [-0.4, -0.2) is 10.1 Å². The smallest absolute Gasteiger partial charge is 0.217 e. The Morgan fingerprint density at radius 2 is 2.25 bits per heavy atom. The van der Waals surface area contributed by atoms with Gasteiger partial charge in [0.25, 0.3) is 0 Å². The normalized spacial score (nSPS) is 10.4. The minimum Gasteiger partial charge on any atom is -0.443 e. The summed E-state index contributed by atoms with van der Waals surface area (Å²) in [6.07, 6.45) is 2.88. The number of hydrogen-bond donors (Lipinski definition) is 1. The SMILES string of the molecule is Cc1ccc(C(=O)S)c(Cl)c1-c1cnco1. The Morgan fingerprint density at radius 1 is 1.50 bits per heavy atom. The summed E-state index contributed by atoms with van der Waals surface area (Å²) >= 11 is 9.91. The predicted molar refractivity (Wildman–Crippen MR) is 65.0 cm³/mol. The van der Waals surface area contributed by atoms with E-state index in [1.54, 1.807) is 18.3 Å². The predicted octanol–water partition coefficient (Wildman–Crippen LogP) is 3.37. The Morgan fingerprint density at radius 3 is 2.81 bits per heavy atom. The first-order valence-corrected chi connectivity index (χ1v) is 5.35. The molecule has 2 rings (SSSR count). The average molecular weight is 254 g/mol. The first-order valence-electron chi connectivity index (χ1n) is 4.52. The molecule has 0 aliphatic rings. The molecule has 0 amide bonds. The van der Waals surface area contributed by atoms with Crippen molar-refractivity contribution in [3.05, 3.63) is 40.9 Å². The molecule has 3 nitrogen and oxygen atoms in total. The summed E-state index contributed by atoms with van der Waals surface area (Å²) in [4.78, 5) is 15.1. The summed E-state index contributed by atoms with van der Waals surface area (Å²) in [5.41, 5.74) is 1.96. The van der Waals surface area contributed by atoms with Crippen molar-refractivity contribution in [1.82, 2.24) is 4.98 Å². The first kappa shape index (κ1) is 11.2. The lowest BCUT2D eigenvalue weighted by Crippen LogP contribution is -1.94. The summed E-state index contributed by atoms with van der Waals surface area (Å²) < 4.78 is 5.18. The van der Waals surface area contributed by atoms with Gasteiger partial charge in [0.15, 0.2) is 12.2 Å². The fourth-order valence-corrected chi connectivity index (χ4v) is 2.12. The lowest BCUT2D eigenvalue weighted by atomic mass is 10.0. The van der Waals surface area contributed by atoms with E-state index in [1.807, 2.05) is 6.92 Å². The number of carbonyl (C=O) groups is 1. The van der Waals surface area contributed by atoms with Gasteiger partial charge in [0.2, 0.25) is 5.12 Å². The number of aryl methyl sites for hydroxylation is 1. The van der Waals surface area contributed by atoms with Gasteiger partial charge in [-0.1, -0.05) is 17.7 Å². The third-order valence-corrected chi connectivity index (χ3v) is 2.89. The van der Waals surface area contributed by atoms with Crippen molar-refractivity contribution < 1.29 is 9.21 Å². The zero-order valence-corrected chi connectivity index (χ0v) is 10.0. The number of thiol groups is 1.